The average Bonchev–Trinajstić information content (AvgIpc) is 2.99. The van der Waals surface area contributed by atoms with E-state index in [4.69, 9.17) is 4.74 Å². The predicted octanol–water partition coefficient (Wildman–Crippen LogP) is 8.81. The number of halogens is 6. The van der Waals surface area contributed by atoms with Gasteiger partial charge in [-0.05, 0) is 82.5 Å². The molecule has 0 saturated carbocycles. The Hall–Kier alpha value is -4.54. The van der Waals surface area contributed by atoms with Crippen LogP contribution < -0.4 is 9.64 Å². The second-order valence-electron chi connectivity index (χ2n) is 11.3. The number of fused-ring (bicyclic) bond motifs is 1. The molecule has 3 aromatic carbocycles. The highest BCUT2D eigenvalue weighted by atomic mass is 19.4. The molecule has 45 heavy (non-hydrogen) atoms. The number of aryl methyl sites for hydroxylation is 1. The van der Waals surface area contributed by atoms with Crippen molar-refractivity contribution in [3.05, 3.63) is 118 Å². The normalized spacial score (nSPS) is 13.6. The summed E-state index contributed by atoms with van der Waals surface area (Å²) < 4.78 is 88.0. The molecule has 1 N–H and O–H groups in total. The van der Waals surface area contributed by atoms with Crippen molar-refractivity contribution in [1.82, 2.24) is 9.97 Å². The third kappa shape index (κ3) is 7.08. The van der Waals surface area contributed by atoms with E-state index in [0.29, 0.717) is 30.7 Å². The van der Waals surface area contributed by atoms with Crippen molar-refractivity contribution in [3.8, 4) is 11.5 Å². The van der Waals surface area contributed by atoms with E-state index >= 15 is 0 Å². The summed E-state index contributed by atoms with van der Waals surface area (Å²) in [7, 11) is 1.57. The lowest BCUT2D eigenvalue weighted by molar-refractivity contribution is -0.143. The topological polar surface area (TPSA) is 58.5 Å². The molecule has 0 aliphatic heterocycles. The van der Waals surface area contributed by atoms with Crippen LogP contribution in [0.15, 0.2) is 78.6 Å². The Kier molecular flexibility index (Phi) is 8.82. The minimum absolute atomic E-state index is 0.0346. The smallest absolute Gasteiger partial charge is 0.416 e. The van der Waals surface area contributed by atoms with E-state index in [2.05, 4.69) is 29.9 Å². The summed E-state index contributed by atoms with van der Waals surface area (Å²) in [4.78, 5) is 9.86. The van der Waals surface area contributed by atoms with Crippen LogP contribution in [0.5, 0.6) is 11.5 Å². The summed E-state index contributed by atoms with van der Waals surface area (Å²) in [5.41, 5.74) is 2.70. The molecule has 0 saturated heterocycles. The van der Waals surface area contributed by atoms with Gasteiger partial charge in [-0.2, -0.15) is 26.3 Å². The van der Waals surface area contributed by atoms with E-state index in [1.54, 1.807) is 7.11 Å². The fourth-order valence-corrected chi connectivity index (χ4v) is 5.59. The standard InChI is InChI=1S/C34H31F6N3O2/c1-20(2)23-10-11-30(45-3)29(14-23)31-24(9-8-22-6-4-5-7-28(22)31)19-43(32-41-16-27(44)17-42-32)18-21-12-25(33(35,36)37)15-26(13-21)34(38,39)40/h4-7,10-17,20,44H,8-9,18-19H2,1-3H3. The third-order valence-corrected chi connectivity index (χ3v) is 7.81. The molecule has 0 fully saturated rings. The zero-order valence-corrected chi connectivity index (χ0v) is 24.8. The Bertz CT molecular complexity index is 1680. The SMILES string of the molecule is COc1ccc(C(C)C)cc1C1=C(CN(Cc2cc(C(F)(F)F)cc(C(F)(F)F)c2)c2ncc(O)cn2)CCc2ccccc21. The number of aromatic nitrogens is 2. The van der Waals surface area contributed by atoms with Gasteiger partial charge in [0.2, 0.25) is 5.95 Å². The molecule has 1 aliphatic rings. The fourth-order valence-electron chi connectivity index (χ4n) is 5.59. The number of benzene rings is 3. The van der Waals surface area contributed by atoms with Crippen LogP contribution in [-0.4, -0.2) is 28.7 Å². The lowest BCUT2D eigenvalue weighted by Gasteiger charge is -2.30. The lowest BCUT2D eigenvalue weighted by Crippen LogP contribution is -2.29. The van der Waals surface area contributed by atoms with Gasteiger partial charge >= 0.3 is 12.4 Å². The highest BCUT2D eigenvalue weighted by molar-refractivity contribution is 5.88. The molecular formula is C34H31F6N3O2. The molecule has 1 aromatic heterocycles. The number of hydrogen-bond donors (Lipinski definition) is 1. The van der Waals surface area contributed by atoms with Crippen molar-refractivity contribution < 1.29 is 36.2 Å². The predicted molar refractivity (Wildman–Crippen MR) is 159 cm³/mol. The van der Waals surface area contributed by atoms with Crippen molar-refractivity contribution in [3.63, 3.8) is 0 Å². The quantitative estimate of drug-likeness (QED) is 0.198. The summed E-state index contributed by atoms with van der Waals surface area (Å²) >= 11 is 0. The van der Waals surface area contributed by atoms with Gasteiger partial charge in [0.1, 0.15) is 5.75 Å². The van der Waals surface area contributed by atoms with Gasteiger partial charge in [-0.3, -0.25) is 0 Å². The number of alkyl halides is 6. The molecule has 4 aromatic rings. The van der Waals surface area contributed by atoms with Crippen molar-refractivity contribution in [2.75, 3.05) is 18.6 Å². The first-order valence-electron chi connectivity index (χ1n) is 14.3. The van der Waals surface area contributed by atoms with Crippen LogP contribution in [0.2, 0.25) is 0 Å². The summed E-state index contributed by atoms with van der Waals surface area (Å²) in [5, 5.41) is 9.81. The molecule has 1 heterocycles. The molecule has 0 radical (unpaired) electrons. The maximum absolute atomic E-state index is 13.7. The van der Waals surface area contributed by atoms with E-state index in [1.807, 2.05) is 36.4 Å². The first-order valence-corrected chi connectivity index (χ1v) is 14.3. The number of anilines is 1. The lowest BCUT2D eigenvalue weighted by atomic mass is 9.81. The van der Waals surface area contributed by atoms with Crippen LogP contribution in [0.25, 0.3) is 5.57 Å². The Labute approximate surface area is 256 Å². The molecule has 0 atom stereocenters. The molecule has 0 bridgehead atoms. The highest BCUT2D eigenvalue weighted by Gasteiger charge is 2.37. The number of nitrogens with zero attached hydrogens (tertiary/aromatic N) is 3. The van der Waals surface area contributed by atoms with Gasteiger partial charge in [-0.15, -0.1) is 0 Å². The Morgan fingerprint density at radius 2 is 1.47 bits per heavy atom. The van der Waals surface area contributed by atoms with Crippen LogP contribution >= 0.6 is 0 Å². The van der Waals surface area contributed by atoms with E-state index in [-0.39, 0.29) is 42.3 Å². The number of aromatic hydroxyl groups is 1. The Morgan fingerprint density at radius 1 is 0.822 bits per heavy atom. The molecule has 5 rings (SSSR count). The van der Waals surface area contributed by atoms with Crippen molar-refractivity contribution in [1.29, 1.82) is 0 Å². The van der Waals surface area contributed by atoms with Crippen LogP contribution in [-0.2, 0) is 25.3 Å². The van der Waals surface area contributed by atoms with Gasteiger partial charge in [0.05, 0.1) is 30.6 Å². The first-order chi connectivity index (χ1) is 21.2. The summed E-state index contributed by atoms with van der Waals surface area (Å²) in [6.07, 6.45) is -6.49. The number of ether oxygens (including phenoxy) is 1. The van der Waals surface area contributed by atoms with Gasteiger partial charge in [-0.1, -0.05) is 44.2 Å². The van der Waals surface area contributed by atoms with Crippen molar-refractivity contribution >= 4 is 11.5 Å². The monoisotopic (exact) mass is 627 g/mol. The summed E-state index contributed by atoms with van der Waals surface area (Å²) in [5.74, 6) is 0.637. The number of methoxy groups -OCH3 is 1. The van der Waals surface area contributed by atoms with Gasteiger partial charge in [-0.25, -0.2) is 9.97 Å². The van der Waals surface area contributed by atoms with Crippen LogP contribution in [0, 0.1) is 0 Å². The van der Waals surface area contributed by atoms with Crippen LogP contribution in [0.1, 0.15) is 65.1 Å². The minimum atomic E-state index is -4.99. The summed E-state index contributed by atoms with van der Waals surface area (Å²) in [6.45, 7) is 3.87. The highest BCUT2D eigenvalue weighted by Crippen LogP contribution is 2.42. The first kappa shape index (κ1) is 31.9. The second kappa shape index (κ2) is 12.5. The van der Waals surface area contributed by atoms with Crippen LogP contribution in [0.4, 0.5) is 32.3 Å². The van der Waals surface area contributed by atoms with Gasteiger partial charge < -0.3 is 14.7 Å². The second-order valence-corrected chi connectivity index (χ2v) is 11.3. The van der Waals surface area contributed by atoms with Gasteiger partial charge in [0.15, 0.2) is 5.75 Å². The van der Waals surface area contributed by atoms with Crippen molar-refractivity contribution in [2.45, 2.75) is 51.5 Å². The molecule has 11 heteroatoms. The fraction of sp³-hybridized carbons (Fsp3) is 0.294. The molecule has 1 aliphatic carbocycles. The van der Waals surface area contributed by atoms with E-state index in [1.165, 1.54) is 4.90 Å². The third-order valence-electron chi connectivity index (χ3n) is 7.81. The maximum Gasteiger partial charge on any atom is 0.416 e. The largest absolute Gasteiger partial charge is 0.505 e. The zero-order valence-electron chi connectivity index (χ0n) is 24.8. The number of hydrogen-bond acceptors (Lipinski definition) is 5. The zero-order chi connectivity index (χ0) is 32.5. The van der Waals surface area contributed by atoms with Crippen molar-refractivity contribution in [2.24, 2.45) is 0 Å². The Morgan fingerprint density at radius 3 is 2.07 bits per heavy atom. The molecule has 236 valence electrons. The molecule has 0 amide bonds. The number of rotatable bonds is 8. The van der Waals surface area contributed by atoms with Gasteiger partial charge in [0.25, 0.3) is 0 Å². The maximum atomic E-state index is 13.7. The van der Waals surface area contributed by atoms with E-state index < -0.39 is 23.5 Å². The molecule has 5 nitrogen and oxygen atoms in total. The Balaban J connectivity index is 1.68. The average molecular weight is 628 g/mol. The molecule has 0 unspecified atom stereocenters. The van der Waals surface area contributed by atoms with Gasteiger partial charge in [0, 0.05) is 18.7 Å². The minimum Gasteiger partial charge on any atom is -0.505 e. The van der Waals surface area contributed by atoms with E-state index in [9.17, 15) is 31.4 Å². The van der Waals surface area contributed by atoms with Crippen LogP contribution in [0.3, 0.4) is 0 Å². The molecule has 0 spiro atoms. The molecular weight excluding hydrogens is 596 g/mol. The van der Waals surface area contributed by atoms with E-state index in [0.717, 1.165) is 45.8 Å². The summed E-state index contributed by atoms with van der Waals surface area (Å²) in [6, 6.07) is 15.4.